The summed E-state index contributed by atoms with van der Waals surface area (Å²) in [4.78, 5) is 23.4. The highest BCUT2D eigenvalue weighted by Crippen LogP contribution is 2.29. The van der Waals surface area contributed by atoms with Crippen molar-refractivity contribution >= 4 is 28.5 Å². The van der Waals surface area contributed by atoms with Crippen molar-refractivity contribution in [2.45, 2.75) is 13.8 Å². The van der Waals surface area contributed by atoms with Crippen molar-refractivity contribution in [3.05, 3.63) is 88.1 Å². The fourth-order valence-electron chi connectivity index (χ4n) is 3.20. The van der Waals surface area contributed by atoms with Gasteiger partial charge < -0.3 is 20.1 Å². The van der Waals surface area contributed by atoms with Crippen molar-refractivity contribution in [1.29, 1.82) is 0 Å². The molecule has 0 spiro atoms. The monoisotopic (exact) mass is 414 g/mol. The maximum atomic E-state index is 12.0. The van der Waals surface area contributed by atoms with Gasteiger partial charge in [0.2, 0.25) is 0 Å². The van der Waals surface area contributed by atoms with Crippen LogP contribution in [-0.2, 0) is 0 Å². The maximum absolute atomic E-state index is 12.0. The Kier molecular flexibility index (Phi) is 5.77. The SMILES string of the molecule is Cc1c[nH]c(=O)c(Oc2ccc(Nc3ncnc4ccc(/C=C/CO)cc34)cc2C)c1. The molecule has 0 saturated heterocycles. The van der Waals surface area contributed by atoms with E-state index >= 15 is 0 Å². The number of nitrogens with one attached hydrogen (secondary N) is 2. The van der Waals surface area contributed by atoms with Crippen LogP contribution in [0.4, 0.5) is 11.5 Å². The normalized spacial score (nSPS) is 11.2. The van der Waals surface area contributed by atoms with Crippen LogP contribution in [0.1, 0.15) is 16.7 Å². The smallest absolute Gasteiger partial charge is 0.290 e. The summed E-state index contributed by atoms with van der Waals surface area (Å²) in [6, 6.07) is 13.2. The van der Waals surface area contributed by atoms with Gasteiger partial charge in [0.05, 0.1) is 12.1 Å². The van der Waals surface area contributed by atoms with Crippen molar-refractivity contribution in [3.8, 4) is 11.5 Å². The van der Waals surface area contributed by atoms with E-state index in [0.29, 0.717) is 11.6 Å². The Hall–Kier alpha value is -3.97. The minimum Gasteiger partial charge on any atom is -0.451 e. The summed E-state index contributed by atoms with van der Waals surface area (Å²) in [6.07, 6.45) is 6.69. The van der Waals surface area contributed by atoms with Gasteiger partial charge in [-0.25, -0.2) is 9.97 Å². The second kappa shape index (κ2) is 8.81. The molecule has 7 nitrogen and oxygen atoms in total. The summed E-state index contributed by atoms with van der Waals surface area (Å²) in [5.74, 6) is 1.53. The standard InChI is InChI=1S/C24H22N4O3/c1-15-10-22(24(30)25-13-15)31-21-8-6-18(11-16(21)2)28-23-19-12-17(4-3-9-29)5-7-20(19)26-14-27-23/h3-8,10-14,29H,9H2,1-2H3,(H,25,30)(H,26,27,28)/b4-3+. The van der Waals surface area contributed by atoms with Crippen LogP contribution < -0.4 is 15.6 Å². The number of hydrogen-bond donors (Lipinski definition) is 3. The first-order chi connectivity index (χ1) is 15.0. The van der Waals surface area contributed by atoms with E-state index < -0.39 is 0 Å². The molecule has 0 saturated carbocycles. The molecule has 4 aromatic rings. The van der Waals surface area contributed by atoms with Gasteiger partial charge in [0, 0.05) is 17.3 Å². The van der Waals surface area contributed by atoms with Gasteiger partial charge in [-0.15, -0.1) is 0 Å². The molecular weight excluding hydrogens is 392 g/mol. The Bertz CT molecular complexity index is 1330. The third-order valence-electron chi connectivity index (χ3n) is 4.75. The summed E-state index contributed by atoms with van der Waals surface area (Å²) < 4.78 is 5.82. The number of rotatable bonds is 6. The Morgan fingerprint density at radius 2 is 1.97 bits per heavy atom. The van der Waals surface area contributed by atoms with Gasteiger partial charge in [0.25, 0.3) is 5.56 Å². The van der Waals surface area contributed by atoms with Crippen molar-refractivity contribution in [1.82, 2.24) is 15.0 Å². The van der Waals surface area contributed by atoms with E-state index in [0.717, 1.165) is 33.3 Å². The molecule has 3 N–H and O–H groups in total. The molecule has 4 rings (SSSR count). The highest BCUT2D eigenvalue weighted by molar-refractivity contribution is 5.92. The lowest BCUT2D eigenvalue weighted by atomic mass is 10.1. The molecule has 31 heavy (non-hydrogen) atoms. The van der Waals surface area contributed by atoms with Gasteiger partial charge in [-0.1, -0.05) is 18.2 Å². The molecule has 0 bridgehead atoms. The van der Waals surface area contributed by atoms with Crippen molar-refractivity contribution in [3.63, 3.8) is 0 Å². The topological polar surface area (TPSA) is 100 Å². The van der Waals surface area contributed by atoms with Gasteiger partial charge in [-0.05, 0) is 66.9 Å². The highest BCUT2D eigenvalue weighted by atomic mass is 16.5. The van der Waals surface area contributed by atoms with E-state index in [2.05, 4.69) is 20.3 Å². The van der Waals surface area contributed by atoms with E-state index in [4.69, 9.17) is 9.84 Å². The molecule has 0 aliphatic heterocycles. The summed E-state index contributed by atoms with van der Waals surface area (Å²) in [5, 5.41) is 13.2. The molecule has 0 amide bonds. The van der Waals surface area contributed by atoms with Crippen LogP contribution in [0.15, 0.2) is 65.9 Å². The molecular formula is C24H22N4O3. The Balaban J connectivity index is 1.62. The number of aliphatic hydroxyl groups excluding tert-OH is 1. The zero-order valence-corrected chi connectivity index (χ0v) is 17.2. The van der Waals surface area contributed by atoms with Crippen LogP contribution in [0.2, 0.25) is 0 Å². The number of aromatic nitrogens is 3. The number of anilines is 2. The summed E-state index contributed by atoms with van der Waals surface area (Å²) >= 11 is 0. The second-order valence-electron chi connectivity index (χ2n) is 7.16. The number of aromatic amines is 1. The molecule has 0 radical (unpaired) electrons. The lowest BCUT2D eigenvalue weighted by Crippen LogP contribution is -2.08. The summed E-state index contributed by atoms with van der Waals surface area (Å²) in [6.45, 7) is 3.79. The number of H-pyrrole nitrogens is 1. The number of aliphatic hydroxyl groups is 1. The molecule has 0 fully saturated rings. The minimum atomic E-state index is -0.272. The van der Waals surface area contributed by atoms with E-state index in [-0.39, 0.29) is 17.9 Å². The Morgan fingerprint density at radius 1 is 1.10 bits per heavy atom. The number of ether oxygens (including phenoxy) is 1. The predicted molar refractivity (Wildman–Crippen MR) is 122 cm³/mol. The van der Waals surface area contributed by atoms with Crippen molar-refractivity contribution < 1.29 is 9.84 Å². The average molecular weight is 414 g/mol. The van der Waals surface area contributed by atoms with E-state index in [1.165, 1.54) is 6.33 Å². The third-order valence-corrected chi connectivity index (χ3v) is 4.75. The van der Waals surface area contributed by atoms with Crippen LogP contribution in [0.3, 0.4) is 0 Å². The van der Waals surface area contributed by atoms with Gasteiger partial charge in [-0.2, -0.15) is 0 Å². The molecule has 2 aromatic heterocycles. The van der Waals surface area contributed by atoms with Gasteiger partial charge in [0.1, 0.15) is 17.9 Å². The predicted octanol–water partition coefficient (Wildman–Crippen LogP) is 4.48. The molecule has 0 aliphatic rings. The summed E-state index contributed by atoms with van der Waals surface area (Å²) in [5.41, 5.74) is 4.10. The molecule has 156 valence electrons. The van der Waals surface area contributed by atoms with E-state index in [9.17, 15) is 4.79 Å². The first-order valence-electron chi connectivity index (χ1n) is 9.80. The van der Waals surface area contributed by atoms with Crippen molar-refractivity contribution in [2.24, 2.45) is 0 Å². The van der Waals surface area contributed by atoms with Crippen LogP contribution in [0.25, 0.3) is 17.0 Å². The molecule has 0 aliphatic carbocycles. The number of pyridine rings is 1. The molecule has 2 heterocycles. The van der Waals surface area contributed by atoms with E-state index in [1.54, 1.807) is 18.3 Å². The third kappa shape index (κ3) is 4.62. The number of nitrogens with zero attached hydrogens (tertiary/aromatic N) is 2. The molecule has 2 aromatic carbocycles. The molecule has 0 unspecified atom stereocenters. The van der Waals surface area contributed by atoms with Gasteiger partial charge in [0.15, 0.2) is 5.75 Å². The van der Waals surface area contributed by atoms with Gasteiger partial charge >= 0.3 is 0 Å². The largest absolute Gasteiger partial charge is 0.451 e. The maximum Gasteiger partial charge on any atom is 0.290 e. The zero-order valence-electron chi connectivity index (χ0n) is 17.2. The Morgan fingerprint density at radius 3 is 2.77 bits per heavy atom. The number of fused-ring (bicyclic) bond motifs is 1. The highest BCUT2D eigenvalue weighted by Gasteiger charge is 2.09. The first-order valence-corrected chi connectivity index (χ1v) is 9.80. The first kappa shape index (κ1) is 20.3. The lowest BCUT2D eigenvalue weighted by Gasteiger charge is -2.12. The summed E-state index contributed by atoms with van der Waals surface area (Å²) in [7, 11) is 0. The van der Waals surface area contributed by atoms with Crippen LogP contribution in [0.5, 0.6) is 11.5 Å². The fourth-order valence-corrected chi connectivity index (χ4v) is 3.20. The quantitative estimate of drug-likeness (QED) is 0.430. The minimum absolute atomic E-state index is 0.0173. The average Bonchev–Trinajstić information content (AvgIpc) is 2.77. The van der Waals surface area contributed by atoms with Crippen molar-refractivity contribution in [2.75, 3.05) is 11.9 Å². The van der Waals surface area contributed by atoms with Crippen LogP contribution in [-0.4, -0.2) is 26.7 Å². The molecule has 0 atom stereocenters. The van der Waals surface area contributed by atoms with Gasteiger partial charge in [-0.3, -0.25) is 4.79 Å². The fraction of sp³-hybridized carbons (Fsp3) is 0.125. The Labute approximate surface area is 179 Å². The molecule has 7 heteroatoms. The second-order valence-corrected chi connectivity index (χ2v) is 7.16. The number of hydrogen-bond acceptors (Lipinski definition) is 6. The lowest BCUT2D eigenvalue weighted by molar-refractivity contribution is 0.343. The number of aryl methyl sites for hydroxylation is 2. The van der Waals surface area contributed by atoms with E-state index in [1.807, 2.05) is 56.3 Å². The zero-order chi connectivity index (χ0) is 21.8. The van der Waals surface area contributed by atoms with Crippen LogP contribution in [0, 0.1) is 13.8 Å². The number of benzene rings is 2. The van der Waals surface area contributed by atoms with Crippen LogP contribution >= 0.6 is 0 Å².